The van der Waals surface area contributed by atoms with Crippen LogP contribution in [0.5, 0.6) is 0 Å². The first-order chi connectivity index (χ1) is 8.54. The van der Waals surface area contributed by atoms with Gasteiger partial charge in [-0.2, -0.15) is 0 Å². The highest BCUT2D eigenvalue weighted by molar-refractivity contribution is 9.10. The third kappa shape index (κ3) is 2.30. The summed E-state index contributed by atoms with van der Waals surface area (Å²) in [5.41, 5.74) is 0.621. The molecule has 0 bridgehead atoms. The van der Waals surface area contributed by atoms with Crippen LogP contribution in [-0.2, 0) is 6.61 Å². The van der Waals surface area contributed by atoms with E-state index >= 15 is 0 Å². The van der Waals surface area contributed by atoms with Gasteiger partial charge in [-0.1, -0.05) is 15.9 Å². The number of benzene rings is 1. The second-order valence-electron chi connectivity index (χ2n) is 4.19. The van der Waals surface area contributed by atoms with Crippen LogP contribution >= 0.6 is 15.9 Å². The van der Waals surface area contributed by atoms with Crippen molar-refractivity contribution in [2.24, 2.45) is 0 Å². The number of nitrogens with zero attached hydrogens (tertiary/aromatic N) is 3. The molecule has 18 heavy (non-hydrogen) atoms. The van der Waals surface area contributed by atoms with Gasteiger partial charge in [0.2, 0.25) is 0 Å². The van der Waals surface area contributed by atoms with E-state index < -0.39 is 0 Å². The molecule has 96 valence electrons. The highest BCUT2D eigenvalue weighted by Gasteiger charge is 2.17. The lowest BCUT2D eigenvalue weighted by atomic mass is 10.2. The normalized spacial score (nSPS) is 11.2. The fourth-order valence-corrected chi connectivity index (χ4v) is 2.25. The Morgan fingerprint density at radius 1 is 1.39 bits per heavy atom. The molecule has 4 nitrogen and oxygen atoms in total. The Labute approximate surface area is 113 Å². The SMILES string of the molecule is CC(C)n1c(CO)nnc1-c1cc(F)ccc1Br. The van der Waals surface area contributed by atoms with Crippen LogP contribution in [0.4, 0.5) is 4.39 Å². The molecule has 0 aliphatic rings. The monoisotopic (exact) mass is 313 g/mol. The van der Waals surface area contributed by atoms with Gasteiger partial charge in [-0.3, -0.25) is 0 Å². The second kappa shape index (κ2) is 5.16. The Balaban J connectivity index is 2.63. The Hall–Kier alpha value is -1.27. The summed E-state index contributed by atoms with van der Waals surface area (Å²) in [5.74, 6) is 0.675. The zero-order valence-electron chi connectivity index (χ0n) is 10.1. The highest BCUT2D eigenvalue weighted by Crippen LogP contribution is 2.29. The van der Waals surface area contributed by atoms with E-state index in [-0.39, 0.29) is 18.5 Å². The summed E-state index contributed by atoms with van der Waals surface area (Å²) in [4.78, 5) is 0. The molecule has 0 radical (unpaired) electrons. The minimum Gasteiger partial charge on any atom is -0.388 e. The first-order valence-electron chi connectivity index (χ1n) is 5.54. The number of halogens is 2. The van der Waals surface area contributed by atoms with Gasteiger partial charge in [0.25, 0.3) is 0 Å². The number of aromatic nitrogens is 3. The van der Waals surface area contributed by atoms with Gasteiger partial charge < -0.3 is 9.67 Å². The molecule has 1 aromatic carbocycles. The smallest absolute Gasteiger partial charge is 0.165 e. The van der Waals surface area contributed by atoms with Crippen LogP contribution in [0.1, 0.15) is 25.7 Å². The van der Waals surface area contributed by atoms with Crippen molar-refractivity contribution >= 4 is 15.9 Å². The van der Waals surface area contributed by atoms with Gasteiger partial charge in [-0.25, -0.2) is 4.39 Å². The molecule has 2 rings (SSSR count). The molecule has 1 heterocycles. The summed E-state index contributed by atoms with van der Waals surface area (Å²) in [5, 5.41) is 17.2. The molecular formula is C12H13BrFN3O. The van der Waals surface area contributed by atoms with E-state index in [1.54, 1.807) is 10.6 Å². The summed E-state index contributed by atoms with van der Waals surface area (Å²) in [6.45, 7) is 3.72. The van der Waals surface area contributed by atoms with Crippen LogP contribution < -0.4 is 0 Å². The van der Waals surface area contributed by atoms with E-state index in [4.69, 9.17) is 0 Å². The third-order valence-electron chi connectivity index (χ3n) is 2.59. The fraction of sp³-hybridized carbons (Fsp3) is 0.333. The Morgan fingerprint density at radius 3 is 2.72 bits per heavy atom. The number of hydrogen-bond acceptors (Lipinski definition) is 3. The highest BCUT2D eigenvalue weighted by atomic mass is 79.9. The Bertz CT molecular complexity index is 568. The number of hydrogen-bond donors (Lipinski definition) is 1. The predicted octanol–water partition coefficient (Wildman–Crippen LogP) is 2.92. The summed E-state index contributed by atoms with van der Waals surface area (Å²) < 4.78 is 15.9. The number of aliphatic hydroxyl groups is 1. The van der Waals surface area contributed by atoms with Gasteiger partial charge in [0.1, 0.15) is 12.4 Å². The Morgan fingerprint density at radius 2 is 2.11 bits per heavy atom. The van der Waals surface area contributed by atoms with E-state index in [0.717, 1.165) is 4.47 Å². The number of rotatable bonds is 3. The molecular weight excluding hydrogens is 301 g/mol. The third-order valence-corrected chi connectivity index (χ3v) is 3.29. The molecule has 0 fully saturated rings. The van der Waals surface area contributed by atoms with Crippen LogP contribution in [0, 0.1) is 5.82 Å². The minimum absolute atomic E-state index is 0.0762. The van der Waals surface area contributed by atoms with Crippen molar-refractivity contribution in [2.75, 3.05) is 0 Å². The molecule has 0 amide bonds. The van der Waals surface area contributed by atoms with Crippen LogP contribution in [0.3, 0.4) is 0 Å². The van der Waals surface area contributed by atoms with Crippen LogP contribution in [0.15, 0.2) is 22.7 Å². The fourth-order valence-electron chi connectivity index (χ4n) is 1.83. The van der Waals surface area contributed by atoms with Gasteiger partial charge in [-0.05, 0) is 32.0 Å². The standard InChI is InChI=1S/C12H13BrFN3O/c1-7(2)17-11(6-18)15-16-12(17)9-5-8(14)3-4-10(9)13/h3-5,7,18H,6H2,1-2H3. The predicted molar refractivity (Wildman–Crippen MR) is 69.4 cm³/mol. The van der Waals surface area contributed by atoms with Crippen LogP contribution in [-0.4, -0.2) is 19.9 Å². The van der Waals surface area contributed by atoms with E-state index in [1.807, 2.05) is 13.8 Å². The molecule has 0 unspecified atom stereocenters. The summed E-state index contributed by atoms with van der Waals surface area (Å²) in [7, 11) is 0. The van der Waals surface area contributed by atoms with E-state index in [1.165, 1.54) is 12.1 Å². The van der Waals surface area contributed by atoms with Gasteiger partial charge in [0.15, 0.2) is 11.6 Å². The zero-order valence-corrected chi connectivity index (χ0v) is 11.6. The van der Waals surface area contributed by atoms with Crippen molar-refractivity contribution in [3.05, 3.63) is 34.3 Å². The van der Waals surface area contributed by atoms with E-state index in [9.17, 15) is 9.50 Å². The minimum atomic E-state index is -0.336. The first-order valence-corrected chi connectivity index (χ1v) is 6.34. The van der Waals surface area contributed by atoms with Crippen molar-refractivity contribution in [1.29, 1.82) is 0 Å². The van der Waals surface area contributed by atoms with Gasteiger partial charge in [-0.15, -0.1) is 10.2 Å². The van der Waals surface area contributed by atoms with E-state index in [2.05, 4.69) is 26.1 Å². The zero-order chi connectivity index (χ0) is 13.3. The van der Waals surface area contributed by atoms with Gasteiger partial charge in [0.05, 0.1) is 0 Å². The molecule has 1 aromatic heterocycles. The van der Waals surface area contributed by atoms with Crippen molar-refractivity contribution < 1.29 is 9.50 Å². The van der Waals surface area contributed by atoms with Gasteiger partial charge in [0, 0.05) is 16.1 Å². The lowest BCUT2D eigenvalue weighted by Gasteiger charge is -2.13. The van der Waals surface area contributed by atoms with Crippen molar-refractivity contribution in [1.82, 2.24) is 14.8 Å². The van der Waals surface area contributed by atoms with Crippen molar-refractivity contribution in [2.45, 2.75) is 26.5 Å². The van der Waals surface area contributed by atoms with Gasteiger partial charge >= 0.3 is 0 Å². The maximum absolute atomic E-state index is 13.3. The summed E-state index contributed by atoms with van der Waals surface area (Å²) in [6, 6.07) is 4.47. The summed E-state index contributed by atoms with van der Waals surface area (Å²) in [6.07, 6.45) is 0. The lowest BCUT2D eigenvalue weighted by molar-refractivity contribution is 0.262. The maximum atomic E-state index is 13.3. The second-order valence-corrected chi connectivity index (χ2v) is 5.04. The molecule has 0 saturated heterocycles. The molecule has 0 aliphatic heterocycles. The first kappa shape index (κ1) is 13.2. The topological polar surface area (TPSA) is 50.9 Å². The number of aliphatic hydroxyl groups excluding tert-OH is 1. The van der Waals surface area contributed by atoms with Crippen molar-refractivity contribution in [3.8, 4) is 11.4 Å². The van der Waals surface area contributed by atoms with Crippen molar-refractivity contribution in [3.63, 3.8) is 0 Å². The molecule has 6 heteroatoms. The molecule has 0 spiro atoms. The average Bonchev–Trinajstić information content (AvgIpc) is 2.75. The van der Waals surface area contributed by atoms with Crippen LogP contribution in [0.25, 0.3) is 11.4 Å². The van der Waals surface area contributed by atoms with Crippen LogP contribution in [0.2, 0.25) is 0 Å². The molecule has 0 atom stereocenters. The van der Waals surface area contributed by atoms with E-state index in [0.29, 0.717) is 17.2 Å². The maximum Gasteiger partial charge on any atom is 0.165 e. The molecule has 2 aromatic rings. The quantitative estimate of drug-likeness (QED) is 0.948. The molecule has 1 N–H and O–H groups in total. The lowest BCUT2D eigenvalue weighted by Crippen LogP contribution is -2.08. The Kier molecular flexibility index (Phi) is 3.77. The molecule has 0 saturated carbocycles. The average molecular weight is 314 g/mol. The largest absolute Gasteiger partial charge is 0.388 e. The molecule has 0 aliphatic carbocycles. The summed E-state index contributed by atoms with van der Waals surface area (Å²) >= 11 is 3.37.